The molecule has 2 N–H and O–H groups in total. The number of hydrogen-bond acceptors (Lipinski definition) is 7. The summed E-state index contributed by atoms with van der Waals surface area (Å²) in [6, 6.07) is 20.2. The Kier molecular flexibility index (Phi) is 7.13. The highest BCUT2D eigenvalue weighted by Crippen LogP contribution is 2.23. The van der Waals surface area contributed by atoms with Crippen LogP contribution in [0.25, 0.3) is 16.6 Å². The lowest BCUT2D eigenvalue weighted by Gasteiger charge is -2.24. The molecule has 0 aliphatic carbocycles. The molecule has 3 aromatic carbocycles. The number of morpholine rings is 1. The maximum atomic E-state index is 12.7. The first kappa shape index (κ1) is 24.4. The van der Waals surface area contributed by atoms with Gasteiger partial charge >= 0.3 is 0 Å². The molecule has 2 amide bonds. The third-order valence-corrected chi connectivity index (χ3v) is 6.08. The van der Waals surface area contributed by atoms with Crippen LogP contribution in [0.2, 0.25) is 0 Å². The summed E-state index contributed by atoms with van der Waals surface area (Å²) < 4.78 is 7.04. The van der Waals surface area contributed by atoms with Crippen LogP contribution in [-0.2, 0) is 9.68 Å². The van der Waals surface area contributed by atoms with Crippen LogP contribution >= 0.6 is 0 Å². The Bertz CT molecular complexity index is 1390. The van der Waals surface area contributed by atoms with Crippen molar-refractivity contribution in [2.24, 2.45) is 0 Å². The van der Waals surface area contributed by atoms with Gasteiger partial charge in [-0.15, -0.1) is 0 Å². The van der Waals surface area contributed by atoms with Crippen molar-refractivity contribution in [1.82, 2.24) is 20.3 Å². The minimum absolute atomic E-state index is 0.177. The van der Waals surface area contributed by atoms with E-state index in [1.165, 1.54) is 0 Å². The number of aromatic nitrogens is 2. The zero-order valence-electron chi connectivity index (χ0n) is 20.7. The van der Waals surface area contributed by atoms with Gasteiger partial charge in [0.25, 0.3) is 11.8 Å². The molecule has 0 unspecified atom stereocenters. The Morgan fingerprint density at radius 1 is 0.919 bits per heavy atom. The van der Waals surface area contributed by atoms with Crippen LogP contribution < -0.4 is 15.7 Å². The molecule has 5 rings (SSSR count). The number of hydroxylamine groups is 3. The van der Waals surface area contributed by atoms with E-state index >= 15 is 0 Å². The Morgan fingerprint density at radius 2 is 1.59 bits per heavy atom. The zero-order chi connectivity index (χ0) is 25.8. The second-order valence-corrected chi connectivity index (χ2v) is 8.84. The Labute approximate surface area is 214 Å². The first-order valence-electron chi connectivity index (χ1n) is 11.9. The third kappa shape index (κ3) is 5.61. The number of nitrogens with zero attached hydrogens (tertiary/aromatic N) is 4. The van der Waals surface area contributed by atoms with Crippen molar-refractivity contribution in [1.29, 1.82) is 0 Å². The van der Waals surface area contributed by atoms with Gasteiger partial charge in [-0.1, -0.05) is 0 Å². The van der Waals surface area contributed by atoms with Crippen molar-refractivity contribution in [2.45, 2.75) is 0 Å². The number of fused-ring (bicyclic) bond motifs is 1. The number of hydrogen-bond donors (Lipinski definition) is 2. The summed E-state index contributed by atoms with van der Waals surface area (Å²) in [6.45, 7) is 2.34. The Morgan fingerprint density at radius 3 is 2.30 bits per heavy atom. The van der Waals surface area contributed by atoms with Crippen LogP contribution in [0.5, 0.6) is 0 Å². The van der Waals surface area contributed by atoms with E-state index in [1.54, 1.807) is 40.2 Å². The number of rotatable bonds is 7. The van der Waals surface area contributed by atoms with Crippen molar-refractivity contribution in [2.75, 3.05) is 50.6 Å². The molecule has 10 nitrogen and oxygen atoms in total. The van der Waals surface area contributed by atoms with Gasteiger partial charge in [0, 0.05) is 42.0 Å². The second kappa shape index (κ2) is 10.8. The van der Waals surface area contributed by atoms with E-state index in [9.17, 15) is 9.59 Å². The molecule has 0 spiro atoms. The van der Waals surface area contributed by atoms with Crippen molar-refractivity contribution < 1.29 is 19.3 Å². The molecule has 4 aromatic rings. The molecule has 1 aliphatic heterocycles. The maximum Gasteiger partial charge on any atom is 0.276 e. The molecule has 0 radical (unpaired) electrons. The number of nitrogens with one attached hydrogen (secondary N) is 2. The van der Waals surface area contributed by atoms with Gasteiger partial charge in [-0.05, 0) is 66.7 Å². The molecule has 2 heterocycles. The molecule has 1 saturated heterocycles. The quantitative estimate of drug-likeness (QED) is 0.376. The first-order valence-corrected chi connectivity index (χ1v) is 11.9. The highest BCUT2D eigenvalue weighted by atomic mass is 16.8. The number of benzene rings is 3. The fraction of sp³-hybridized carbons (Fsp3) is 0.222. The lowest BCUT2D eigenvalue weighted by atomic mass is 10.1. The van der Waals surface area contributed by atoms with Crippen LogP contribution in [0.15, 0.2) is 72.9 Å². The summed E-state index contributed by atoms with van der Waals surface area (Å²) in [7, 11) is 3.91. The van der Waals surface area contributed by atoms with Crippen LogP contribution in [-0.4, -0.2) is 67.1 Å². The number of anilines is 2. The van der Waals surface area contributed by atoms with Crippen molar-refractivity contribution in [3.63, 3.8) is 0 Å². The minimum atomic E-state index is -0.333. The predicted molar refractivity (Wildman–Crippen MR) is 141 cm³/mol. The lowest BCUT2D eigenvalue weighted by molar-refractivity contribution is -0.223. The van der Waals surface area contributed by atoms with Gasteiger partial charge in [-0.3, -0.25) is 9.59 Å². The molecule has 37 heavy (non-hydrogen) atoms. The summed E-state index contributed by atoms with van der Waals surface area (Å²) in [5.41, 5.74) is 6.91. The molecule has 0 saturated carbocycles. The minimum Gasteiger partial charge on any atom is -0.379 e. The number of carbonyl (C=O) groups excluding carboxylic acids is 2. The summed E-state index contributed by atoms with van der Waals surface area (Å²) in [4.78, 5) is 32.4. The van der Waals surface area contributed by atoms with Gasteiger partial charge in [-0.2, -0.15) is 15.1 Å². The highest BCUT2D eigenvalue weighted by Gasteiger charge is 2.14. The highest BCUT2D eigenvalue weighted by molar-refractivity contribution is 6.05. The molecular weight excluding hydrogens is 472 g/mol. The Balaban J connectivity index is 1.24. The average Bonchev–Trinajstić information content (AvgIpc) is 3.35. The smallest absolute Gasteiger partial charge is 0.276 e. The van der Waals surface area contributed by atoms with Gasteiger partial charge < -0.3 is 15.0 Å². The SMILES string of the molecule is CN(C)c1ccc(C(=O)Nc2ccc3c(cnn3-c3ccc(C(=O)NON4CCOCC4)cc3)c2)cc1. The molecular formula is C27H28N6O4. The van der Waals surface area contributed by atoms with Gasteiger partial charge in [0.05, 0.1) is 43.7 Å². The summed E-state index contributed by atoms with van der Waals surface area (Å²) >= 11 is 0. The molecule has 190 valence electrons. The van der Waals surface area contributed by atoms with Crippen LogP contribution in [0.1, 0.15) is 20.7 Å². The van der Waals surface area contributed by atoms with Crippen LogP contribution in [0.4, 0.5) is 11.4 Å². The van der Waals surface area contributed by atoms with E-state index in [4.69, 9.17) is 9.68 Å². The lowest BCUT2D eigenvalue weighted by Crippen LogP contribution is -2.41. The normalized spacial score (nSPS) is 13.9. The molecule has 1 fully saturated rings. The van der Waals surface area contributed by atoms with E-state index in [0.717, 1.165) is 22.3 Å². The van der Waals surface area contributed by atoms with E-state index < -0.39 is 0 Å². The molecule has 1 aromatic heterocycles. The largest absolute Gasteiger partial charge is 0.379 e. The van der Waals surface area contributed by atoms with Crippen molar-refractivity contribution in [3.8, 4) is 5.69 Å². The number of carbonyl (C=O) groups is 2. The van der Waals surface area contributed by atoms with E-state index in [1.807, 2.05) is 61.5 Å². The van der Waals surface area contributed by atoms with E-state index in [0.29, 0.717) is 43.1 Å². The topological polar surface area (TPSA) is 101 Å². The molecule has 10 heteroatoms. The number of ether oxygens (including phenoxy) is 1. The van der Waals surface area contributed by atoms with E-state index in [-0.39, 0.29) is 11.8 Å². The first-order chi connectivity index (χ1) is 18.0. The van der Waals surface area contributed by atoms with Crippen molar-refractivity contribution in [3.05, 3.63) is 84.1 Å². The summed E-state index contributed by atoms with van der Waals surface area (Å²) in [5, 5.41) is 9.98. The molecule has 0 atom stereocenters. The van der Waals surface area contributed by atoms with Gasteiger partial charge in [0.15, 0.2) is 0 Å². The van der Waals surface area contributed by atoms with Gasteiger partial charge in [0.1, 0.15) is 0 Å². The third-order valence-electron chi connectivity index (χ3n) is 6.08. The Hall–Kier alpha value is -4.25. The molecule has 1 aliphatic rings. The maximum absolute atomic E-state index is 12.7. The molecule has 0 bridgehead atoms. The standard InChI is InChI=1S/C27H28N6O4/c1-31(2)23-8-3-19(4-9-23)26(34)29-22-7-12-25-21(17-22)18-28-33(25)24-10-5-20(6-11-24)27(35)30-37-32-13-15-36-16-14-32/h3-12,17-18H,13-16H2,1-2H3,(H,29,34)(H,30,35). The fourth-order valence-electron chi connectivity index (χ4n) is 3.99. The summed E-state index contributed by atoms with van der Waals surface area (Å²) in [6.07, 6.45) is 1.74. The summed E-state index contributed by atoms with van der Waals surface area (Å²) in [5.74, 6) is -0.511. The second-order valence-electron chi connectivity index (χ2n) is 8.84. The van der Waals surface area contributed by atoms with Crippen LogP contribution in [0.3, 0.4) is 0 Å². The number of amides is 2. The van der Waals surface area contributed by atoms with Crippen LogP contribution in [0, 0.1) is 0 Å². The predicted octanol–water partition coefficient (Wildman–Crippen LogP) is 3.25. The fourth-order valence-corrected chi connectivity index (χ4v) is 3.99. The van der Waals surface area contributed by atoms with Gasteiger partial charge in [-0.25, -0.2) is 10.2 Å². The van der Waals surface area contributed by atoms with Crippen molar-refractivity contribution >= 4 is 34.1 Å². The van der Waals surface area contributed by atoms with E-state index in [2.05, 4.69) is 15.9 Å². The monoisotopic (exact) mass is 500 g/mol. The van der Waals surface area contributed by atoms with Gasteiger partial charge in [0.2, 0.25) is 0 Å². The average molecular weight is 501 g/mol. The zero-order valence-corrected chi connectivity index (χ0v) is 20.7.